The molecule has 0 saturated heterocycles. The van der Waals surface area contributed by atoms with Gasteiger partial charge in [-0.2, -0.15) is 0 Å². The van der Waals surface area contributed by atoms with Gasteiger partial charge in [0.05, 0.1) is 11.1 Å². The lowest BCUT2D eigenvalue weighted by atomic mass is 10.1. The number of hydrogen-bond donors (Lipinski definition) is 1. The van der Waals surface area contributed by atoms with Crippen molar-refractivity contribution in [1.29, 1.82) is 0 Å². The summed E-state index contributed by atoms with van der Waals surface area (Å²) >= 11 is 1.81. The van der Waals surface area contributed by atoms with E-state index >= 15 is 0 Å². The lowest BCUT2D eigenvalue weighted by Crippen LogP contribution is -2.25. The third-order valence-corrected chi connectivity index (χ3v) is 4.61. The van der Waals surface area contributed by atoms with Crippen molar-refractivity contribution in [2.45, 2.75) is 11.3 Å². The zero-order chi connectivity index (χ0) is 15.9. The number of carbonyl (C=O) groups is 1. The van der Waals surface area contributed by atoms with E-state index in [0.717, 1.165) is 23.1 Å². The van der Waals surface area contributed by atoms with Crippen LogP contribution >= 0.6 is 11.8 Å². The Bertz CT molecular complexity index is 784. The van der Waals surface area contributed by atoms with Crippen LogP contribution in [-0.4, -0.2) is 23.2 Å². The highest BCUT2D eigenvalue weighted by Gasteiger charge is 2.09. The van der Waals surface area contributed by atoms with E-state index in [1.165, 1.54) is 4.90 Å². The molecule has 23 heavy (non-hydrogen) atoms. The Morgan fingerprint density at radius 3 is 2.65 bits per heavy atom. The minimum absolute atomic E-state index is 0.0340. The number of aromatic nitrogens is 1. The normalized spacial score (nSPS) is 10.6. The molecule has 116 valence electrons. The van der Waals surface area contributed by atoms with Gasteiger partial charge in [0.25, 0.3) is 5.91 Å². The van der Waals surface area contributed by atoms with E-state index < -0.39 is 0 Å². The summed E-state index contributed by atoms with van der Waals surface area (Å²) in [6.45, 7) is 0.676. The number of para-hydroxylation sites is 1. The predicted molar refractivity (Wildman–Crippen MR) is 95.9 cm³/mol. The number of nitrogens with one attached hydrogen (secondary N) is 1. The van der Waals surface area contributed by atoms with E-state index in [-0.39, 0.29) is 5.91 Å². The molecule has 0 atom stereocenters. The van der Waals surface area contributed by atoms with Gasteiger partial charge in [-0.1, -0.05) is 36.4 Å². The van der Waals surface area contributed by atoms with Crippen molar-refractivity contribution < 1.29 is 4.79 Å². The highest BCUT2D eigenvalue weighted by atomic mass is 32.2. The number of benzene rings is 2. The topological polar surface area (TPSA) is 42.0 Å². The molecule has 0 bridgehead atoms. The van der Waals surface area contributed by atoms with Crippen molar-refractivity contribution in [3.63, 3.8) is 0 Å². The van der Waals surface area contributed by atoms with Gasteiger partial charge in [0.15, 0.2) is 0 Å². The molecular formula is C19H18N2OS. The van der Waals surface area contributed by atoms with Crippen molar-refractivity contribution in [3.05, 3.63) is 72.4 Å². The van der Waals surface area contributed by atoms with Gasteiger partial charge in [0.1, 0.15) is 0 Å². The first kappa shape index (κ1) is 15.6. The Labute approximate surface area is 140 Å². The molecule has 2 aromatic carbocycles. The maximum absolute atomic E-state index is 12.3. The van der Waals surface area contributed by atoms with Gasteiger partial charge in [0.2, 0.25) is 0 Å². The second kappa shape index (κ2) is 7.79. The molecule has 0 saturated carbocycles. The molecule has 1 N–H and O–H groups in total. The van der Waals surface area contributed by atoms with E-state index in [1.54, 1.807) is 12.3 Å². The Kier molecular flexibility index (Phi) is 5.27. The maximum atomic E-state index is 12.3. The third kappa shape index (κ3) is 4.11. The number of pyridine rings is 1. The Balaban J connectivity index is 1.51. The number of thioether (sulfide) groups is 1. The summed E-state index contributed by atoms with van der Waals surface area (Å²) in [5.41, 5.74) is 1.53. The van der Waals surface area contributed by atoms with Crippen molar-refractivity contribution >= 4 is 28.6 Å². The van der Waals surface area contributed by atoms with Crippen LogP contribution in [0.5, 0.6) is 0 Å². The van der Waals surface area contributed by atoms with Crippen LogP contribution in [0.1, 0.15) is 16.8 Å². The summed E-state index contributed by atoms with van der Waals surface area (Å²) < 4.78 is 0. The highest BCUT2D eigenvalue weighted by Crippen LogP contribution is 2.18. The third-order valence-electron chi connectivity index (χ3n) is 3.51. The predicted octanol–water partition coefficient (Wildman–Crippen LogP) is 4.15. The number of carbonyl (C=O) groups excluding carboxylic acids is 1. The van der Waals surface area contributed by atoms with E-state index in [1.807, 2.05) is 54.2 Å². The fourth-order valence-electron chi connectivity index (χ4n) is 2.37. The van der Waals surface area contributed by atoms with Gasteiger partial charge in [-0.05, 0) is 36.4 Å². The molecule has 1 heterocycles. The van der Waals surface area contributed by atoms with E-state index in [0.29, 0.717) is 12.1 Å². The molecule has 0 spiro atoms. The second-order valence-electron chi connectivity index (χ2n) is 5.15. The van der Waals surface area contributed by atoms with Gasteiger partial charge in [-0.3, -0.25) is 9.78 Å². The van der Waals surface area contributed by atoms with Crippen molar-refractivity contribution in [2.75, 3.05) is 12.3 Å². The maximum Gasteiger partial charge on any atom is 0.252 e. The van der Waals surface area contributed by atoms with E-state index in [2.05, 4.69) is 22.4 Å². The highest BCUT2D eigenvalue weighted by molar-refractivity contribution is 7.99. The fourth-order valence-corrected chi connectivity index (χ4v) is 3.24. The minimum atomic E-state index is -0.0340. The van der Waals surface area contributed by atoms with E-state index in [4.69, 9.17) is 0 Å². The Morgan fingerprint density at radius 2 is 1.78 bits per heavy atom. The summed E-state index contributed by atoms with van der Waals surface area (Å²) in [6.07, 6.45) is 2.62. The number of amides is 1. The summed E-state index contributed by atoms with van der Waals surface area (Å²) in [4.78, 5) is 17.9. The van der Waals surface area contributed by atoms with Crippen LogP contribution in [0.15, 0.2) is 71.8 Å². The second-order valence-corrected chi connectivity index (χ2v) is 6.31. The minimum Gasteiger partial charge on any atom is -0.352 e. The molecule has 0 radical (unpaired) electrons. The Hall–Kier alpha value is -2.33. The quantitative estimate of drug-likeness (QED) is 0.547. The molecule has 1 aromatic heterocycles. The summed E-state index contributed by atoms with van der Waals surface area (Å²) in [5, 5.41) is 3.89. The first-order valence-corrected chi connectivity index (χ1v) is 8.63. The first-order chi connectivity index (χ1) is 11.3. The molecule has 0 fully saturated rings. The number of hydrogen-bond acceptors (Lipinski definition) is 3. The molecule has 0 aliphatic rings. The van der Waals surface area contributed by atoms with Gasteiger partial charge in [-0.25, -0.2) is 0 Å². The largest absolute Gasteiger partial charge is 0.352 e. The van der Waals surface area contributed by atoms with Crippen molar-refractivity contribution in [1.82, 2.24) is 10.3 Å². The SMILES string of the molecule is O=C(NCCCSc1ccccc1)c1ccnc2ccccc12. The molecule has 3 rings (SSSR count). The van der Waals surface area contributed by atoms with Crippen molar-refractivity contribution in [3.8, 4) is 0 Å². The molecule has 0 aliphatic carbocycles. The van der Waals surface area contributed by atoms with Crippen LogP contribution in [-0.2, 0) is 0 Å². The molecule has 0 unspecified atom stereocenters. The fraction of sp³-hybridized carbons (Fsp3) is 0.158. The molecule has 1 amide bonds. The molecular weight excluding hydrogens is 304 g/mol. The monoisotopic (exact) mass is 322 g/mol. The average Bonchev–Trinajstić information content (AvgIpc) is 2.61. The van der Waals surface area contributed by atoms with Crippen LogP contribution < -0.4 is 5.32 Å². The van der Waals surface area contributed by atoms with Crippen LogP contribution in [0.2, 0.25) is 0 Å². The number of nitrogens with zero attached hydrogens (tertiary/aromatic N) is 1. The molecule has 3 nitrogen and oxygen atoms in total. The number of fused-ring (bicyclic) bond motifs is 1. The zero-order valence-electron chi connectivity index (χ0n) is 12.7. The van der Waals surface area contributed by atoms with Gasteiger partial charge in [-0.15, -0.1) is 11.8 Å². The number of rotatable bonds is 6. The zero-order valence-corrected chi connectivity index (χ0v) is 13.6. The first-order valence-electron chi connectivity index (χ1n) is 7.64. The lowest BCUT2D eigenvalue weighted by molar-refractivity contribution is 0.0955. The Morgan fingerprint density at radius 1 is 1.00 bits per heavy atom. The molecule has 4 heteroatoms. The van der Waals surface area contributed by atoms with Crippen LogP contribution in [0, 0.1) is 0 Å². The average molecular weight is 322 g/mol. The smallest absolute Gasteiger partial charge is 0.252 e. The van der Waals surface area contributed by atoms with Gasteiger partial charge < -0.3 is 5.32 Å². The van der Waals surface area contributed by atoms with Crippen LogP contribution in [0.4, 0.5) is 0 Å². The summed E-state index contributed by atoms with van der Waals surface area (Å²) in [6, 6.07) is 19.8. The van der Waals surface area contributed by atoms with Crippen LogP contribution in [0.3, 0.4) is 0 Å². The van der Waals surface area contributed by atoms with Crippen LogP contribution in [0.25, 0.3) is 10.9 Å². The summed E-state index contributed by atoms with van der Waals surface area (Å²) in [7, 11) is 0. The molecule has 3 aromatic rings. The van der Waals surface area contributed by atoms with E-state index in [9.17, 15) is 4.79 Å². The summed E-state index contributed by atoms with van der Waals surface area (Å²) in [5.74, 6) is 0.954. The standard InChI is InChI=1S/C19H18N2OS/c22-19(17-11-13-20-18-10-5-4-9-16(17)18)21-12-6-14-23-15-7-2-1-3-8-15/h1-5,7-11,13H,6,12,14H2,(H,21,22). The van der Waals surface area contributed by atoms with Crippen molar-refractivity contribution in [2.24, 2.45) is 0 Å². The van der Waals surface area contributed by atoms with Gasteiger partial charge in [0, 0.05) is 23.0 Å². The lowest BCUT2D eigenvalue weighted by Gasteiger charge is -2.07. The molecule has 0 aliphatic heterocycles. The van der Waals surface area contributed by atoms with Gasteiger partial charge >= 0.3 is 0 Å².